The topological polar surface area (TPSA) is 93.0 Å². The van der Waals surface area contributed by atoms with Gasteiger partial charge in [0.25, 0.3) is 0 Å². The number of nitrogens with zero attached hydrogens (tertiary/aromatic N) is 1. The zero-order chi connectivity index (χ0) is 17.8. The van der Waals surface area contributed by atoms with Crippen LogP contribution in [0.25, 0.3) is 11.3 Å². The first-order chi connectivity index (χ1) is 12.1. The van der Waals surface area contributed by atoms with E-state index in [-0.39, 0.29) is 6.04 Å². The van der Waals surface area contributed by atoms with E-state index in [1.165, 1.54) is 7.11 Å². The van der Waals surface area contributed by atoms with Gasteiger partial charge in [0.1, 0.15) is 16.7 Å². The molecule has 1 aromatic carbocycles. The van der Waals surface area contributed by atoms with Crippen molar-refractivity contribution in [1.82, 2.24) is 9.97 Å². The zero-order valence-electron chi connectivity index (χ0n) is 14.3. The molecule has 6 nitrogen and oxygen atoms in total. The molecular formula is C18H23ClN4O2. The summed E-state index contributed by atoms with van der Waals surface area (Å²) < 4.78 is 4.66. The number of fused-ring (bicyclic) bond motifs is 4. The molecule has 0 fully saturated rings. The minimum atomic E-state index is -0.487. The van der Waals surface area contributed by atoms with Crippen LogP contribution in [0.3, 0.4) is 0 Å². The lowest BCUT2D eigenvalue weighted by molar-refractivity contribution is 0.187. The maximum atomic E-state index is 11.5. The minimum Gasteiger partial charge on any atom is -0.453 e. The number of nitrogens with two attached hydrogens (primary N) is 1. The second-order valence-electron chi connectivity index (χ2n) is 6.33. The summed E-state index contributed by atoms with van der Waals surface area (Å²) in [6, 6.07) is 5.59. The highest BCUT2D eigenvalue weighted by Gasteiger charge is 2.19. The Hall–Kier alpha value is -2.05. The second kappa shape index (κ2) is 7.89. The van der Waals surface area contributed by atoms with Crippen LogP contribution in [-0.2, 0) is 11.2 Å². The third-order valence-electron chi connectivity index (χ3n) is 4.53. The van der Waals surface area contributed by atoms with Crippen LogP contribution in [0.1, 0.15) is 49.5 Å². The molecule has 0 aliphatic carbocycles. The number of carbonyl (C=O) groups is 1. The third-order valence-corrected chi connectivity index (χ3v) is 4.81. The summed E-state index contributed by atoms with van der Waals surface area (Å²) in [7, 11) is 1.34. The molecule has 1 aromatic heterocycles. The Bertz CT molecular complexity index is 760. The van der Waals surface area contributed by atoms with Crippen molar-refractivity contribution >= 4 is 23.4 Å². The third kappa shape index (κ3) is 4.14. The first kappa shape index (κ1) is 17.8. The van der Waals surface area contributed by atoms with Crippen molar-refractivity contribution in [2.24, 2.45) is 5.73 Å². The van der Waals surface area contributed by atoms with Crippen LogP contribution in [0.2, 0.25) is 5.15 Å². The van der Waals surface area contributed by atoms with Gasteiger partial charge in [-0.25, -0.2) is 9.78 Å². The van der Waals surface area contributed by atoms with Crippen LogP contribution < -0.4 is 11.1 Å². The number of aromatic amines is 1. The molecule has 1 aliphatic heterocycles. The van der Waals surface area contributed by atoms with E-state index in [0.29, 0.717) is 16.5 Å². The molecule has 3 rings (SSSR count). The molecule has 0 unspecified atom stereocenters. The van der Waals surface area contributed by atoms with Crippen LogP contribution in [0, 0.1) is 0 Å². The van der Waals surface area contributed by atoms with Gasteiger partial charge in [-0.1, -0.05) is 36.9 Å². The highest BCUT2D eigenvalue weighted by molar-refractivity contribution is 6.32. The Morgan fingerprint density at radius 2 is 2.16 bits per heavy atom. The predicted molar refractivity (Wildman–Crippen MR) is 98.8 cm³/mol. The van der Waals surface area contributed by atoms with Crippen molar-refractivity contribution in [3.63, 3.8) is 0 Å². The molecule has 2 bridgehead atoms. The number of aryl methyl sites for hydroxylation is 1. The fourth-order valence-corrected chi connectivity index (χ4v) is 3.41. The van der Waals surface area contributed by atoms with Gasteiger partial charge in [0.2, 0.25) is 0 Å². The second-order valence-corrected chi connectivity index (χ2v) is 6.71. The van der Waals surface area contributed by atoms with Crippen molar-refractivity contribution in [2.75, 3.05) is 12.4 Å². The van der Waals surface area contributed by atoms with Gasteiger partial charge in [0.05, 0.1) is 13.2 Å². The maximum Gasteiger partial charge on any atom is 0.411 e. The van der Waals surface area contributed by atoms with Crippen molar-refractivity contribution in [1.29, 1.82) is 0 Å². The Morgan fingerprint density at radius 3 is 2.96 bits per heavy atom. The molecule has 25 heavy (non-hydrogen) atoms. The first-order valence-corrected chi connectivity index (χ1v) is 8.95. The van der Waals surface area contributed by atoms with E-state index in [9.17, 15) is 4.79 Å². The lowest BCUT2D eigenvalue weighted by Gasteiger charge is -2.13. The van der Waals surface area contributed by atoms with Crippen LogP contribution in [0.4, 0.5) is 10.5 Å². The average molecular weight is 363 g/mol. The summed E-state index contributed by atoms with van der Waals surface area (Å²) in [5.74, 6) is 0.725. The lowest BCUT2D eigenvalue weighted by atomic mass is 9.97. The van der Waals surface area contributed by atoms with Crippen LogP contribution in [-0.4, -0.2) is 23.2 Å². The van der Waals surface area contributed by atoms with E-state index in [1.54, 1.807) is 0 Å². The van der Waals surface area contributed by atoms with Gasteiger partial charge in [0, 0.05) is 11.3 Å². The van der Waals surface area contributed by atoms with E-state index in [0.717, 1.165) is 55.5 Å². The number of halogens is 1. The molecule has 2 heterocycles. The van der Waals surface area contributed by atoms with Crippen molar-refractivity contribution in [3.8, 4) is 11.3 Å². The molecule has 0 saturated carbocycles. The Morgan fingerprint density at radius 1 is 1.36 bits per heavy atom. The number of H-pyrrole nitrogens is 1. The number of imidazole rings is 1. The quantitative estimate of drug-likeness (QED) is 0.700. The van der Waals surface area contributed by atoms with E-state index < -0.39 is 6.09 Å². The first-order valence-electron chi connectivity index (χ1n) is 8.57. The van der Waals surface area contributed by atoms with Gasteiger partial charge in [-0.2, -0.15) is 0 Å². The van der Waals surface area contributed by atoms with Gasteiger partial charge < -0.3 is 15.5 Å². The number of methoxy groups -OCH3 is 1. The summed E-state index contributed by atoms with van der Waals surface area (Å²) in [4.78, 5) is 19.2. The summed E-state index contributed by atoms with van der Waals surface area (Å²) in [6.45, 7) is 0. The van der Waals surface area contributed by atoms with Crippen LogP contribution in [0.5, 0.6) is 0 Å². The van der Waals surface area contributed by atoms with E-state index in [1.807, 2.05) is 18.2 Å². The number of hydrogen-bond donors (Lipinski definition) is 3. The molecule has 0 spiro atoms. The summed E-state index contributed by atoms with van der Waals surface area (Å²) >= 11 is 6.39. The number of benzene rings is 1. The Kier molecular flexibility index (Phi) is 5.60. The van der Waals surface area contributed by atoms with Gasteiger partial charge in [0.15, 0.2) is 0 Å². The summed E-state index contributed by atoms with van der Waals surface area (Å²) in [5.41, 5.74) is 9.71. The largest absolute Gasteiger partial charge is 0.453 e. The normalized spacial score (nSPS) is 17.8. The average Bonchev–Trinajstić information content (AvgIpc) is 2.99. The van der Waals surface area contributed by atoms with Crippen LogP contribution in [0.15, 0.2) is 18.2 Å². The van der Waals surface area contributed by atoms with Crippen molar-refractivity contribution < 1.29 is 9.53 Å². The van der Waals surface area contributed by atoms with Crippen LogP contribution >= 0.6 is 11.6 Å². The summed E-state index contributed by atoms with van der Waals surface area (Å²) in [6.07, 6.45) is 5.75. The monoisotopic (exact) mass is 362 g/mol. The SMILES string of the molecule is COC(=O)Nc1ccc2c(c1)CCCCCC[C@H](N)c1nc-2c(Cl)[nH]1. The molecule has 134 valence electrons. The molecule has 2 aromatic rings. The number of rotatable bonds is 1. The molecule has 7 heteroatoms. The van der Waals surface area contributed by atoms with E-state index >= 15 is 0 Å². The van der Waals surface area contributed by atoms with Gasteiger partial charge in [-0.3, -0.25) is 5.32 Å². The molecule has 0 radical (unpaired) electrons. The van der Waals surface area contributed by atoms with Crippen molar-refractivity contribution in [2.45, 2.75) is 44.6 Å². The lowest BCUT2D eigenvalue weighted by Crippen LogP contribution is -2.12. The van der Waals surface area contributed by atoms with Gasteiger partial charge in [-0.05, 0) is 37.0 Å². The van der Waals surface area contributed by atoms with Crippen molar-refractivity contribution in [3.05, 3.63) is 34.7 Å². The highest BCUT2D eigenvalue weighted by atomic mass is 35.5. The summed E-state index contributed by atoms with van der Waals surface area (Å²) in [5, 5.41) is 3.21. The predicted octanol–water partition coefficient (Wildman–Crippen LogP) is 4.41. The fraction of sp³-hybridized carbons (Fsp3) is 0.444. The Balaban J connectivity index is 2.01. The number of ether oxygens (including phenoxy) is 1. The molecule has 1 amide bonds. The Labute approximate surface area is 152 Å². The number of nitrogens with one attached hydrogen (secondary N) is 2. The van der Waals surface area contributed by atoms with Gasteiger partial charge in [-0.15, -0.1) is 0 Å². The van der Waals surface area contributed by atoms with E-state index in [2.05, 4.69) is 20.0 Å². The number of aromatic nitrogens is 2. The maximum absolute atomic E-state index is 11.5. The van der Waals surface area contributed by atoms with E-state index in [4.69, 9.17) is 17.3 Å². The molecule has 0 saturated heterocycles. The zero-order valence-corrected chi connectivity index (χ0v) is 15.0. The number of anilines is 1. The molecule has 1 atom stereocenters. The standard InChI is InChI=1S/C18H23ClN4O2/c1-25-18(24)21-12-8-9-13-11(10-12)6-4-2-3-5-7-14(20)17-22-15(13)16(19)23-17/h8-10,14H,2-7,20H2,1H3,(H,21,24)(H,22,23)/t14-/m0/s1. The minimum absolute atomic E-state index is 0.130. The number of carbonyl (C=O) groups excluding carboxylic acids is 1. The number of amides is 1. The van der Waals surface area contributed by atoms with Gasteiger partial charge >= 0.3 is 6.09 Å². The molecular weight excluding hydrogens is 340 g/mol. The highest BCUT2D eigenvalue weighted by Crippen LogP contribution is 2.33. The number of hydrogen-bond acceptors (Lipinski definition) is 4. The smallest absolute Gasteiger partial charge is 0.411 e. The molecule has 1 aliphatic rings. The fourth-order valence-electron chi connectivity index (χ4n) is 3.17. The molecule has 4 N–H and O–H groups in total.